The van der Waals surface area contributed by atoms with Gasteiger partial charge >= 0.3 is 11.8 Å². The van der Waals surface area contributed by atoms with Crippen molar-refractivity contribution in [3.05, 3.63) is 57.6 Å². The smallest absolute Gasteiger partial charge is 0.314 e. The Balaban J connectivity index is 2.07. The topological polar surface area (TPSA) is 162 Å². The van der Waals surface area contributed by atoms with Crippen molar-refractivity contribution < 1.29 is 22.9 Å². The van der Waals surface area contributed by atoms with Crippen LogP contribution < -0.4 is 15.8 Å². The summed E-state index contributed by atoms with van der Waals surface area (Å²) in [5, 5.41) is 20.1. The molecule has 2 amide bonds. The van der Waals surface area contributed by atoms with Crippen LogP contribution >= 0.6 is 11.6 Å². The van der Waals surface area contributed by atoms with Gasteiger partial charge in [0.1, 0.15) is 5.02 Å². The minimum atomic E-state index is -3.88. The van der Waals surface area contributed by atoms with Crippen molar-refractivity contribution in [2.75, 3.05) is 10.6 Å². The summed E-state index contributed by atoms with van der Waals surface area (Å²) in [5.74, 6) is -2.15. The van der Waals surface area contributed by atoms with Gasteiger partial charge in [-0.1, -0.05) is 11.6 Å². The Hall–Kier alpha value is -3.02. The molecule has 0 atom stereocenters. The number of carbonyl (C=O) groups excluding carboxylic acids is 2. The fourth-order valence-electron chi connectivity index (χ4n) is 1.83. The van der Waals surface area contributed by atoms with Crippen molar-refractivity contribution in [3.63, 3.8) is 0 Å². The van der Waals surface area contributed by atoms with E-state index in [0.717, 1.165) is 18.2 Å². The minimum Gasteiger partial charge on any atom is -0.318 e. The lowest BCUT2D eigenvalue weighted by Crippen LogP contribution is -2.29. The van der Waals surface area contributed by atoms with Gasteiger partial charge in [0, 0.05) is 17.4 Å². The van der Waals surface area contributed by atoms with Gasteiger partial charge < -0.3 is 10.6 Å². The zero-order valence-electron chi connectivity index (χ0n) is 12.8. The summed E-state index contributed by atoms with van der Waals surface area (Å²) in [4.78, 5) is 33.6. The molecule has 0 unspecified atom stereocenters. The van der Waals surface area contributed by atoms with Crippen molar-refractivity contribution >= 4 is 50.5 Å². The van der Waals surface area contributed by atoms with Crippen LogP contribution in [0.5, 0.6) is 0 Å². The van der Waals surface area contributed by atoms with E-state index in [-0.39, 0.29) is 21.3 Å². The lowest BCUT2D eigenvalue weighted by atomic mass is 10.2. The van der Waals surface area contributed by atoms with E-state index in [2.05, 4.69) is 10.6 Å². The van der Waals surface area contributed by atoms with Crippen LogP contribution in [0, 0.1) is 10.1 Å². The Morgan fingerprint density at radius 3 is 2.00 bits per heavy atom. The molecule has 0 saturated carbocycles. The molecular formula is C14H11ClN4O6S. The number of halogens is 1. The number of nitrogens with zero attached hydrogens (tertiary/aromatic N) is 1. The first-order chi connectivity index (χ1) is 12.1. The number of nitro benzene ring substituents is 1. The van der Waals surface area contributed by atoms with Gasteiger partial charge in [-0.25, -0.2) is 13.6 Å². The summed E-state index contributed by atoms with van der Waals surface area (Å²) in [6.07, 6.45) is 0. The van der Waals surface area contributed by atoms with Gasteiger partial charge in [-0.15, -0.1) is 0 Å². The maximum atomic E-state index is 11.9. The molecule has 0 radical (unpaired) electrons. The first-order valence-corrected chi connectivity index (χ1v) is 8.69. The van der Waals surface area contributed by atoms with Crippen LogP contribution in [0.3, 0.4) is 0 Å². The third kappa shape index (κ3) is 4.75. The number of benzene rings is 2. The fraction of sp³-hybridized carbons (Fsp3) is 0. The van der Waals surface area contributed by atoms with Crippen molar-refractivity contribution in [2.24, 2.45) is 5.14 Å². The molecule has 2 rings (SSSR count). The molecule has 0 aliphatic carbocycles. The third-order valence-corrected chi connectivity index (χ3v) is 4.30. The molecule has 0 bridgehead atoms. The molecule has 0 spiro atoms. The number of nitro groups is 1. The second-order valence-corrected chi connectivity index (χ2v) is 6.87. The normalized spacial score (nSPS) is 10.8. The van der Waals surface area contributed by atoms with Crippen molar-refractivity contribution in [3.8, 4) is 0 Å². The van der Waals surface area contributed by atoms with Gasteiger partial charge in [-0.05, 0) is 36.4 Å². The molecule has 4 N–H and O–H groups in total. The number of primary sulfonamides is 1. The largest absolute Gasteiger partial charge is 0.318 e. The Kier molecular flexibility index (Phi) is 5.55. The van der Waals surface area contributed by atoms with Crippen LogP contribution in [0.25, 0.3) is 0 Å². The lowest BCUT2D eigenvalue weighted by molar-refractivity contribution is -0.384. The van der Waals surface area contributed by atoms with Crippen LogP contribution in [0.2, 0.25) is 5.02 Å². The van der Waals surface area contributed by atoms with E-state index in [4.69, 9.17) is 16.7 Å². The molecule has 0 aliphatic heterocycles. The molecule has 12 heteroatoms. The van der Waals surface area contributed by atoms with Crippen LogP contribution in [0.15, 0.2) is 47.4 Å². The quantitative estimate of drug-likeness (QED) is 0.401. The zero-order valence-corrected chi connectivity index (χ0v) is 14.4. The van der Waals surface area contributed by atoms with E-state index in [1.165, 1.54) is 24.3 Å². The average Bonchev–Trinajstić information content (AvgIpc) is 2.56. The highest BCUT2D eigenvalue weighted by molar-refractivity contribution is 7.89. The molecule has 0 fully saturated rings. The molecule has 136 valence electrons. The number of hydrogen-bond donors (Lipinski definition) is 3. The predicted molar refractivity (Wildman–Crippen MR) is 93.2 cm³/mol. The summed E-state index contributed by atoms with van der Waals surface area (Å²) in [6.45, 7) is 0. The van der Waals surface area contributed by atoms with Gasteiger partial charge in [-0.2, -0.15) is 0 Å². The standard InChI is InChI=1S/C14H11ClN4O6S/c15-11-6-3-9(7-12(11)19(22)23)18-14(21)13(20)17-8-1-4-10(5-2-8)26(16,24)25/h1-7H,(H,17,20)(H,18,21)(H2,16,24,25). The molecule has 2 aromatic carbocycles. The number of hydrogen-bond acceptors (Lipinski definition) is 6. The molecule has 0 heterocycles. The van der Waals surface area contributed by atoms with Crippen LogP contribution in [0.4, 0.5) is 17.1 Å². The lowest BCUT2D eigenvalue weighted by Gasteiger charge is -2.07. The van der Waals surface area contributed by atoms with E-state index in [1.54, 1.807) is 0 Å². The predicted octanol–water partition coefficient (Wildman–Crippen LogP) is 1.47. The summed E-state index contributed by atoms with van der Waals surface area (Å²) in [6, 6.07) is 8.32. The van der Waals surface area contributed by atoms with Crippen LogP contribution in [-0.4, -0.2) is 25.2 Å². The number of nitrogens with two attached hydrogens (primary N) is 1. The van der Waals surface area contributed by atoms with Crippen molar-refractivity contribution in [1.82, 2.24) is 0 Å². The molecular weight excluding hydrogens is 388 g/mol. The number of anilines is 2. The maximum absolute atomic E-state index is 11.9. The number of amides is 2. The highest BCUT2D eigenvalue weighted by Crippen LogP contribution is 2.27. The third-order valence-electron chi connectivity index (χ3n) is 3.05. The first-order valence-electron chi connectivity index (χ1n) is 6.77. The van der Waals surface area contributed by atoms with Gasteiger partial charge in [0.15, 0.2) is 0 Å². The summed E-state index contributed by atoms with van der Waals surface area (Å²) < 4.78 is 22.3. The molecule has 0 aliphatic rings. The first kappa shape index (κ1) is 19.3. The zero-order chi connectivity index (χ0) is 19.5. The van der Waals surface area contributed by atoms with E-state index in [1.807, 2.05) is 0 Å². The molecule has 26 heavy (non-hydrogen) atoms. The number of rotatable bonds is 4. The summed E-state index contributed by atoms with van der Waals surface area (Å²) in [5.41, 5.74) is -0.270. The Morgan fingerprint density at radius 2 is 1.50 bits per heavy atom. The minimum absolute atomic E-state index is 0.00539. The van der Waals surface area contributed by atoms with Gasteiger partial charge in [0.25, 0.3) is 5.69 Å². The highest BCUT2D eigenvalue weighted by Gasteiger charge is 2.18. The van der Waals surface area contributed by atoms with Gasteiger partial charge in [0.05, 0.1) is 9.82 Å². The molecule has 0 saturated heterocycles. The van der Waals surface area contributed by atoms with Gasteiger partial charge in [-0.3, -0.25) is 19.7 Å². The summed E-state index contributed by atoms with van der Waals surface area (Å²) in [7, 11) is -3.88. The fourth-order valence-corrected chi connectivity index (χ4v) is 2.54. The highest BCUT2D eigenvalue weighted by atomic mass is 35.5. The van der Waals surface area contributed by atoms with Gasteiger partial charge in [0.2, 0.25) is 10.0 Å². The molecule has 0 aromatic heterocycles. The second-order valence-electron chi connectivity index (χ2n) is 4.90. The van der Waals surface area contributed by atoms with Crippen LogP contribution in [0.1, 0.15) is 0 Å². The van der Waals surface area contributed by atoms with E-state index in [9.17, 15) is 28.1 Å². The average molecular weight is 399 g/mol. The van der Waals surface area contributed by atoms with E-state index >= 15 is 0 Å². The number of carbonyl (C=O) groups is 2. The monoisotopic (exact) mass is 398 g/mol. The number of nitrogens with one attached hydrogen (secondary N) is 2. The SMILES string of the molecule is NS(=O)(=O)c1ccc(NC(=O)C(=O)Nc2ccc(Cl)c([N+](=O)[O-])c2)cc1. The Bertz CT molecular complexity index is 991. The molecule has 2 aromatic rings. The summed E-state index contributed by atoms with van der Waals surface area (Å²) >= 11 is 5.66. The van der Waals surface area contributed by atoms with Crippen LogP contribution in [-0.2, 0) is 19.6 Å². The van der Waals surface area contributed by atoms with E-state index < -0.39 is 32.4 Å². The molecule has 10 nitrogen and oxygen atoms in total. The Labute approximate surface area is 152 Å². The Morgan fingerprint density at radius 1 is 1.00 bits per heavy atom. The van der Waals surface area contributed by atoms with Crippen molar-refractivity contribution in [1.29, 1.82) is 0 Å². The maximum Gasteiger partial charge on any atom is 0.314 e. The second kappa shape index (κ2) is 7.47. The van der Waals surface area contributed by atoms with Crippen molar-refractivity contribution in [2.45, 2.75) is 4.90 Å². The van der Waals surface area contributed by atoms with E-state index in [0.29, 0.717) is 0 Å². The number of sulfonamides is 1.